The molecule has 1 amide bonds. The lowest BCUT2D eigenvalue weighted by Gasteiger charge is -2.15. The molecule has 2 aromatic carbocycles. The largest absolute Gasteiger partial charge is 0.291 e. The van der Waals surface area contributed by atoms with Crippen LogP contribution in [0.3, 0.4) is 0 Å². The second-order valence-electron chi connectivity index (χ2n) is 4.48. The van der Waals surface area contributed by atoms with Gasteiger partial charge in [0.15, 0.2) is 0 Å². The fourth-order valence-corrected chi connectivity index (χ4v) is 1.85. The van der Waals surface area contributed by atoms with Gasteiger partial charge in [-0.2, -0.15) is 0 Å². The number of carbonyl (C=O) groups excluding carboxylic acids is 1. The molecule has 0 saturated heterocycles. The van der Waals surface area contributed by atoms with Crippen molar-refractivity contribution in [3.63, 3.8) is 0 Å². The average Bonchev–Trinajstić information content (AvgIpc) is 2.49. The van der Waals surface area contributed by atoms with Gasteiger partial charge >= 0.3 is 0 Å². The van der Waals surface area contributed by atoms with Crippen LogP contribution >= 0.6 is 0 Å². The lowest BCUT2D eigenvalue weighted by molar-refractivity contribution is -0.120. The first-order chi connectivity index (χ1) is 9.75. The fourth-order valence-electron chi connectivity index (χ4n) is 1.85. The lowest BCUT2D eigenvalue weighted by atomic mass is 10.1. The number of hydrazine groups is 1. The highest BCUT2D eigenvalue weighted by Crippen LogP contribution is 2.15. The summed E-state index contributed by atoms with van der Waals surface area (Å²) in [5.41, 5.74) is 7.87. The van der Waals surface area contributed by atoms with Crippen LogP contribution in [0.25, 0.3) is 6.08 Å². The van der Waals surface area contributed by atoms with Gasteiger partial charge in [-0.25, -0.2) is 5.43 Å². The van der Waals surface area contributed by atoms with Crippen LogP contribution < -0.4 is 10.9 Å². The van der Waals surface area contributed by atoms with E-state index >= 15 is 0 Å². The van der Waals surface area contributed by atoms with E-state index in [2.05, 4.69) is 10.9 Å². The molecule has 102 valence electrons. The van der Waals surface area contributed by atoms with Crippen molar-refractivity contribution in [2.24, 2.45) is 0 Å². The van der Waals surface area contributed by atoms with Crippen molar-refractivity contribution in [1.29, 1.82) is 0 Å². The number of nitrogens with one attached hydrogen (secondary N) is 2. The molecule has 0 fully saturated rings. The summed E-state index contributed by atoms with van der Waals surface area (Å²) in [6.45, 7) is 1.48. The van der Waals surface area contributed by atoms with Gasteiger partial charge in [0.25, 0.3) is 0 Å². The van der Waals surface area contributed by atoms with E-state index in [1.807, 2.05) is 72.8 Å². The molecule has 1 atom stereocenters. The molecule has 0 bridgehead atoms. The number of rotatable bonds is 5. The zero-order valence-corrected chi connectivity index (χ0v) is 11.4. The molecule has 0 unspecified atom stereocenters. The zero-order valence-electron chi connectivity index (χ0n) is 11.4. The average molecular weight is 266 g/mol. The monoisotopic (exact) mass is 266 g/mol. The Bertz CT molecular complexity index is 564. The number of hydrogen-bond donors (Lipinski definition) is 2. The van der Waals surface area contributed by atoms with Crippen LogP contribution in [0.1, 0.15) is 24.1 Å². The number of amides is 1. The van der Waals surface area contributed by atoms with Crippen molar-refractivity contribution in [1.82, 2.24) is 10.9 Å². The maximum atomic E-state index is 11.1. The van der Waals surface area contributed by atoms with Gasteiger partial charge in [-0.15, -0.1) is 0 Å². The van der Waals surface area contributed by atoms with E-state index in [1.54, 1.807) is 0 Å². The van der Waals surface area contributed by atoms with Crippen LogP contribution in [0.5, 0.6) is 0 Å². The van der Waals surface area contributed by atoms with Crippen LogP contribution in [0.15, 0.2) is 66.7 Å². The SMILES string of the molecule is CC(=O)NN[C@H](/C=C/c1ccccc1)c1ccccc1. The number of hydrogen-bond acceptors (Lipinski definition) is 2. The smallest absolute Gasteiger partial charge is 0.230 e. The molecular formula is C17H18N2O. The summed E-state index contributed by atoms with van der Waals surface area (Å²) in [7, 11) is 0. The van der Waals surface area contributed by atoms with Crippen LogP contribution in [0.4, 0.5) is 0 Å². The van der Waals surface area contributed by atoms with E-state index in [4.69, 9.17) is 0 Å². The van der Waals surface area contributed by atoms with Gasteiger partial charge in [-0.3, -0.25) is 10.2 Å². The van der Waals surface area contributed by atoms with E-state index in [0.717, 1.165) is 11.1 Å². The van der Waals surface area contributed by atoms with Crippen molar-refractivity contribution in [2.75, 3.05) is 0 Å². The highest BCUT2D eigenvalue weighted by Gasteiger charge is 2.06. The third-order valence-corrected chi connectivity index (χ3v) is 2.84. The molecule has 20 heavy (non-hydrogen) atoms. The molecule has 3 heteroatoms. The summed E-state index contributed by atoms with van der Waals surface area (Å²) in [5, 5.41) is 0. The molecule has 0 aliphatic heterocycles. The summed E-state index contributed by atoms with van der Waals surface area (Å²) >= 11 is 0. The van der Waals surface area contributed by atoms with Gasteiger partial charge in [-0.05, 0) is 11.1 Å². The minimum atomic E-state index is -0.112. The van der Waals surface area contributed by atoms with E-state index < -0.39 is 0 Å². The molecule has 0 aliphatic carbocycles. The maximum Gasteiger partial charge on any atom is 0.230 e. The van der Waals surface area contributed by atoms with E-state index in [0.29, 0.717) is 0 Å². The Labute approximate surface area is 119 Å². The molecular weight excluding hydrogens is 248 g/mol. The number of carbonyl (C=O) groups is 1. The second kappa shape index (κ2) is 7.26. The number of benzene rings is 2. The molecule has 0 aliphatic rings. The molecule has 0 heterocycles. The molecule has 2 aromatic rings. The van der Waals surface area contributed by atoms with Crippen LogP contribution in [-0.4, -0.2) is 5.91 Å². The van der Waals surface area contributed by atoms with Gasteiger partial charge in [0.1, 0.15) is 0 Å². The lowest BCUT2D eigenvalue weighted by Crippen LogP contribution is -2.37. The molecule has 2 N–H and O–H groups in total. The highest BCUT2D eigenvalue weighted by atomic mass is 16.2. The topological polar surface area (TPSA) is 41.1 Å². The molecule has 3 nitrogen and oxygen atoms in total. The van der Waals surface area contributed by atoms with E-state index in [1.165, 1.54) is 6.92 Å². The summed E-state index contributed by atoms with van der Waals surface area (Å²) in [6.07, 6.45) is 4.06. The third-order valence-electron chi connectivity index (χ3n) is 2.84. The van der Waals surface area contributed by atoms with E-state index in [9.17, 15) is 4.79 Å². The molecule has 0 aromatic heterocycles. The van der Waals surface area contributed by atoms with Gasteiger partial charge < -0.3 is 0 Å². The molecule has 0 radical (unpaired) electrons. The quantitative estimate of drug-likeness (QED) is 0.817. The molecule has 2 rings (SSSR count). The van der Waals surface area contributed by atoms with Crippen molar-refractivity contribution in [3.8, 4) is 0 Å². The van der Waals surface area contributed by atoms with Gasteiger partial charge in [0.05, 0.1) is 6.04 Å². The maximum absolute atomic E-state index is 11.1. The Balaban J connectivity index is 2.14. The Morgan fingerprint density at radius 2 is 1.60 bits per heavy atom. The van der Waals surface area contributed by atoms with Crippen LogP contribution in [0, 0.1) is 0 Å². The molecule has 0 spiro atoms. The second-order valence-corrected chi connectivity index (χ2v) is 4.48. The van der Waals surface area contributed by atoms with Gasteiger partial charge in [-0.1, -0.05) is 72.8 Å². The first kappa shape index (κ1) is 14.0. The van der Waals surface area contributed by atoms with Gasteiger partial charge in [0.2, 0.25) is 5.91 Å². The minimum absolute atomic E-state index is 0.0692. The molecule has 0 saturated carbocycles. The van der Waals surface area contributed by atoms with Crippen molar-refractivity contribution < 1.29 is 4.79 Å². The summed E-state index contributed by atoms with van der Waals surface area (Å²) in [6, 6.07) is 20.0. The first-order valence-corrected chi connectivity index (χ1v) is 6.56. The highest BCUT2D eigenvalue weighted by molar-refractivity contribution is 5.72. The summed E-state index contributed by atoms with van der Waals surface area (Å²) < 4.78 is 0. The Kier molecular flexibility index (Phi) is 5.09. The van der Waals surface area contributed by atoms with E-state index in [-0.39, 0.29) is 11.9 Å². The Morgan fingerprint density at radius 3 is 2.20 bits per heavy atom. The van der Waals surface area contributed by atoms with Crippen LogP contribution in [-0.2, 0) is 4.79 Å². The fraction of sp³-hybridized carbons (Fsp3) is 0.118. The summed E-state index contributed by atoms with van der Waals surface area (Å²) in [5.74, 6) is -0.112. The van der Waals surface area contributed by atoms with Gasteiger partial charge in [0, 0.05) is 6.92 Å². The predicted octanol–water partition coefficient (Wildman–Crippen LogP) is 3.08. The Hall–Kier alpha value is -2.39. The van der Waals surface area contributed by atoms with Crippen molar-refractivity contribution >= 4 is 12.0 Å². The normalized spacial score (nSPS) is 12.2. The minimum Gasteiger partial charge on any atom is -0.291 e. The van der Waals surface area contributed by atoms with Crippen molar-refractivity contribution in [3.05, 3.63) is 77.9 Å². The summed E-state index contributed by atoms with van der Waals surface area (Å²) in [4.78, 5) is 11.1. The third kappa shape index (κ3) is 4.37. The Morgan fingerprint density at radius 1 is 1.00 bits per heavy atom. The zero-order chi connectivity index (χ0) is 14.2. The van der Waals surface area contributed by atoms with Crippen LogP contribution in [0.2, 0.25) is 0 Å². The van der Waals surface area contributed by atoms with Crippen molar-refractivity contribution in [2.45, 2.75) is 13.0 Å². The standard InChI is InChI=1S/C17H18N2O/c1-14(20)18-19-17(16-10-6-3-7-11-16)13-12-15-8-4-2-5-9-15/h2-13,17,19H,1H3,(H,18,20)/b13-12+/t17-/m1/s1. The first-order valence-electron chi connectivity index (χ1n) is 6.56. The predicted molar refractivity (Wildman–Crippen MR) is 81.6 cm³/mol.